The number of hydrogen-bond acceptors (Lipinski definition) is 4. The standard InChI is InChI=1S/C11H7ClN2O2S/c12-11-6-5-10(17-11)7-13-8-1-3-9(4-2-8)14(15)16/h1-7H. The molecule has 0 saturated heterocycles. The first-order valence-electron chi connectivity index (χ1n) is 4.69. The highest BCUT2D eigenvalue weighted by atomic mass is 35.5. The summed E-state index contributed by atoms with van der Waals surface area (Å²) in [5.41, 5.74) is 0.725. The van der Waals surface area contributed by atoms with E-state index in [-0.39, 0.29) is 5.69 Å². The Morgan fingerprint density at radius 3 is 2.47 bits per heavy atom. The van der Waals surface area contributed by atoms with Crippen molar-refractivity contribution in [2.45, 2.75) is 0 Å². The fraction of sp³-hybridized carbons (Fsp3) is 0. The lowest BCUT2D eigenvalue weighted by Gasteiger charge is -1.92. The highest BCUT2D eigenvalue weighted by molar-refractivity contribution is 7.17. The Kier molecular flexibility index (Phi) is 3.51. The molecule has 0 aliphatic heterocycles. The third kappa shape index (κ3) is 3.12. The number of nitrogens with zero attached hydrogens (tertiary/aromatic N) is 2. The first-order chi connectivity index (χ1) is 8.15. The van der Waals surface area contributed by atoms with Crippen LogP contribution >= 0.6 is 22.9 Å². The average molecular weight is 267 g/mol. The molecule has 0 unspecified atom stereocenters. The molecule has 0 fully saturated rings. The number of benzene rings is 1. The van der Waals surface area contributed by atoms with Crippen molar-refractivity contribution in [2.24, 2.45) is 4.99 Å². The normalized spacial score (nSPS) is 10.9. The van der Waals surface area contributed by atoms with Crippen molar-refractivity contribution in [3.63, 3.8) is 0 Å². The summed E-state index contributed by atoms with van der Waals surface area (Å²) in [6, 6.07) is 9.71. The second-order valence-corrected chi connectivity index (χ2v) is 4.92. The Morgan fingerprint density at radius 1 is 1.24 bits per heavy atom. The van der Waals surface area contributed by atoms with Crippen LogP contribution < -0.4 is 0 Å². The van der Waals surface area contributed by atoms with Gasteiger partial charge >= 0.3 is 0 Å². The summed E-state index contributed by atoms with van der Waals surface area (Å²) < 4.78 is 0.704. The molecule has 0 N–H and O–H groups in total. The van der Waals surface area contributed by atoms with Crippen molar-refractivity contribution in [3.05, 3.63) is 55.7 Å². The minimum atomic E-state index is -0.438. The van der Waals surface area contributed by atoms with Gasteiger partial charge in [0.1, 0.15) is 0 Å². The molecular weight excluding hydrogens is 260 g/mol. The van der Waals surface area contributed by atoms with Gasteiger partial charge in [0, 0.05) is 23.2 Å². The number of halogens is 1. The fourth-order valence-electron chi connectivity index (χ4n) is 1.20. The summed E-state index contributed by atoms with van der Waals surface area (Å²) in [4.78, 5) is 15.1. The molecule has 0 atom stereocenters. The van der Waals surface area contributed by atoms with Crippen LogP contribution in [0.3, 0.4) is 0 Å². The van der Waals surface area contributed by atoms with Crippen LogP contribution in [0.15, 0.2) is 41.4 Å². The van der Waals surface area contributed by atoms with Gasteiger partial charge in [-0.1, -0.05) is 11.6 Å². The predicted octanol–water partition coefficient (Wildman–Crippen LogP) is 4.06. The molecule has 2 aromatic rings. The average Bonchev–Trinajstić information content (AvgIpc) is 2.73. The van der Waals surface area contributed by atoms with Crippen LogP contribution in [0.2, 0.25) is 4.34 Å². The fourth-order valence-corrected chi connectivity index (χ4v) is 2.13. The molecule has 0 bridgehead atoms. The van der Waals surface area contributed by atoms with Crippen LogP contribution in [0.5, 0.6) is 0 Å². The number of rotatable bonds is 3. The first-order valence-corrected chi connectivity index (χ1v) is 5.88. The maximum atomic E-state index is 10.4. The van der Waals surface area contributed by atoms with Crippen LogP contribution in [0.25, 0.3) is 0 Å². The molecule has 1 aromatic heterocycles. The number of nitro benzene ring substituents is 1. The van der Waals surface area contributed by atoms with E-state index in [0.29, 0.717) is 10.0 Å². The molecule has 86 valence electrons. The smallest absolute Gasteiger partial charge is 0.258 e. The van der Waals surface area contributed by atoms with Gasteiger partial charge in [-0.05, 0) is 24.3 Å². The molecule has 17 heavy (non-hydrogen) atoms. The van der Waals surface area contributed by atoms with Gasteiger partial charge < -0.3 is 0 Å². The molecule has 0 saturated carbocycles. The minimum absolute atomic E-state index is 0.0584. The van der Waals surface area contributed by atoms with E-state index in [9.17, 15) is 10.1 Å². The van der Waals surface area contributed by atoms with E-state index in [0.717, 1.165) is 4.88 Å². The summed E-state index contributed by atoms with van der Waals surface area (Å²) in [6.07, 6.45) is 1.68. The molecule has 0 radical (unpaired) electrons. The molecule has 1 heterocycles. The third-order valence-corrected chi connectivity index (χ3v) is 3.16. The Hall–Kier alpha value is -1.72. The molecule has 0 amide bonds. The highest BCUT2D eigenvalue weighted by Gasteiger charge is 2.02. The molecule has 6 heteroatoms. The van der Waals surface area contributed by atoms with Crippen molar-refractivity contribution >= 4 is 40.5 Å². The van der Waals surface area contributed by atoms with Crippen molar-refractivity contribution in [1.29, 1.82) is 0 Å². The molecule has 0 aliphatic rings. The molecular formula is C11H7ClN2O2S. The van der Waals surface area contributed by atoms with Gasteiger partial charge in [-0.15, -0.1) is 11.3 Å². The molecule has 1 aromatic carbocycles. The van der Waals surface area contributed by atoms with Crippen molar-refractivity contribution < 1.29 is 4.92 Å². The van der Waals surface area contributed by atoms with Crippen molar-refractivity contribution in [2.75, 3.05) is 0 Å². The largest absolute Gasteiger partial charge is 0.269 e. The Balaban J connectivity index is 2.13. The zero-order valence-electron chi connectivity index (χ0n) is 8.54. The van der Waals surface area contributed by atoms with Crippen LogP contribution in [-0.4, -0.2) is 11.1 Å². The summed E-state index contributed by atoms with van der Waals surface area (Å²) in [7, 11) is 0. The zero-order chi connectivity index (χ0) is 12.3. The molecule has 4 nitrogen and oxygen atoms in total. The van der Waals surface area contributed by atoms with Gasteiger partial charge in [0.2, 0.25) is 0 Å². The van der Waals surface area contributed by atoms with E-state index in [1.54, 1.807) is 24.4 Å². The number of hydrogen-bond donors (Lipinski definition) is 0. The SMILES string of the molecule is O=[N+]([O-])c1ccc(N=Cc2ccc(Cl)s2)cc1. The Labute approximate surface area is 106 Å². The molecule has 0 spiro atoms. The highest BCUT2D eigenvalue weighted by Crippen LogP contribution is 2.21. The van der Waals surface area contributed by atoms with E-state index in [4.69, 9.17) is 11.6 Å². The van der Waals surface area contributed by atoms with E-state index in [2.05, 4.69) is 4.99 Å². The van der Waals surface area contributed by atoms with Gasteiger partial charge in [0.25, 0.3) is 5.69 Å². The summed E-state index contributed by atoms with van der Waals surface area (Å²) in [5.74, 6) is 0. The van der Waals surface area contributed by atoms with Crippen LogP contribution in [0.4, 0.5) is 11.4 Å². The second kappa shape index (κ2) is 5.07. The van der Waals surface area contributed by atoms with Gasteiger partial charge in [0.05, 0.1) is 14.9 Å². The van der Waals surface area contributed by atoms with Gasteiger partial charge in [0.15, 0.2) is 0 Å². The van der Waals surface area contributed by atoms with E-state index in [1.807, 2.05) is 6.07 Å². The number of aliphatic imine (C=N–C) groups is 1. The zero-order valence-corrected chi connectivity index (χ0v) is 10.1. The van der Waals surface area contributed by atoms with Crippen LogP contribution in [0, 0.1) is 10.1 Å². The van der Waals surface area contributed by atoms with E-state index in [1.165, 1.54) is 23.5 Å². The van der Waals surface area contributed by atoms with Gasteiger partial charge in [-0.25, -0.2) is 0 Å². The van der Waals surface area contributed by atoms with E-state index >= 15 is 0 Å². The summed E-state index contributed by atoms with van der Waals surface area (Å²) in [6.45, 7) is 0. The molecule has 0 aliphatic carbocycles. The number of non-ortho nitro benzene ring substituents is 1. The minimum Gasteiger partial charge on any atom is -0.258 e. The Bertz CT molecular complexity index is 563. The van der Waals surface area contributed by atoms with Crippen molar-refractivity contribution in [3.8, 4) is 0 Å². The van der Waals surface area contributed by atoms with Crippen molar-refractivity contribution in [1.82, 2.24) is 0 Å². The quantitative estimate of drug-likeness (QED) is 0.478. The summed E-state index contributed by atoms with van der Waals surface area (Å²) in [5, 5.41) is 10.4. The number of nitro groups is 1. The maximum absolute atomic E-state index is 10.4. The lowest BCUT2D eigenvalue weighted by molar-refractivity contribution is -0.384. The van der Waals surface area contributed by atoms with Gasteiger partial charge in [-0.2, -0.15) is 0 Å². The molecule has 2 rings (SSSR count). The monoisotopic (exact) mass is 266 g/mol. The van der Waals surface area contributed by atoms with E-state index < -0.39 is 4.92 Å². The second-order valence-electron chi connectivity index (χ2n) is 3.17. The first kappa shape index (κ1) is 11.8. The predicted molar refractivity (Wildman–Crippen MR) is 69.7 cm³/mol. The lowest BCUT2D eigenvalue weighted by Crippen LogP contribution is -1.85. The van der Waals surface area contributed by atoms with Crippen LogP contribution in [0.1, 0.15) is 4.88 Å². The topological polar surface area (TPSA) is 55.5 Å². The third-order valence-electron chi connectivity index (χ3n) is 2.00. The lowest BCUT2D eigenvalue weighted by atomic mass is 10.3. The van der Waals surface area contributed by atoms with Gasteiger partial charge in [-0.3, -0.25) is 15.1 Å². The maximum Gasteiger partial charge on any atom is 0.269 e. The summed E-state index contributed by atoms with van der Waals surface area (Å²) >= 11 is 7.20. The Morgan fingerprint density at radius 2 is 1.94 bits per heavy atom. The number of thiophene rings is 1. The van der Waals surface area contributed by atoms with Crippen LogP contribution in [-0.2, 0) is 0 Å².